The molecule has 0 unspecified atom stereocenters. The number of hydrogen-bond acceptors (Lipinski definition) is 3. The second-order valence-electron chi connectivity index (χ2n) is 3.03. The third kappa shape index (κ3) is 2.59. The highest BCUT2D eigenvalue weighted by molar-refractivity contribution is 7.99. The summed E-state index contributed by atoms with van der Waals surface area (Å²) in [5.41, 5.74) is 0.382. The average molecular weight is 230 g/mol. The van der Waals surface area contributed by atoms with Gasteiger partial charge in [-0.3, -0.25) is 0 Å². The molecular formula is C12H7FN2S. The van der Waals surface area contributed by atoms with E-state index in [0.717, 1.165) is 9.92 Å². The Balaban J connectivity index is 2.21. The van der Waals surface area contributed by atoms with Crippen LogP contribution in [0.3, 0.4) is 0 Å². The van der Waals surface area contributed by atoms with E-state index in [2.05, 4.69) is 4.98 Å². The number of hydrogen-bond donors (Lipinski definition) is 0. The third-order valence-corrected chi connectivity index (χ3v) is 2.82. The molecule has 0 bridgehead atoms. The van der Waals surface area contributed by atoms with Gasteiger partial charge in [-0.1, -0.05) is 17.8 Å². The Hall–Kier alpha value is -1.86. The van der Waals surface area contributed by atoms with Crippen LogP contribution in [0, 0.1) is 17.1 Å². The van der Waals surface area contributed by atoms with Gasteiger partial charge in [-0.25, -0.2) is 9.37 Å². The van der Waals surface area contributed by atoms with Crippen molar-refractivity contribution in [2.45, 2.75) is 9.92 Å². The smallest absolute Gasteiger partial charge is 0.141 e. The molecule has 0 aliphatic heterocycles. The van der Waals surface area contributed by atoms with Crippen LogP contribution in [0.15, 0.2) is 52.4 Å². The van der Waals surface area contributed by atoms with Gasteiger partial charge in [0.1, 0.15) is 22.6 Å². The SMILES string of the molecule is N#Cc1cccc(Sc2ccc(F)cc2)n1. The van der Waals surface area contributed by atoms with E-state index in [9.17, 15) is 4.39 Å². The molecule has 0 N–H and O–H groups in total. The molecule has 0 radical (unpaired) electrons. The summed E-state index contributed by atoms with van der Waals surface area (Å²) in [5.74, 6) is -0.261. The molecule has 0 fully saturated rings. The molecule has 0 saturated carbocycles. The van der Waals surface area contributed by atoms with Crippen LogP contribution in [-0.2, 0) is 0 Å². The first-order valence-electron chi connectivity index (χ1n) is 4.58. The molecule has 0 aliphatic rings. The van der Waals surface area contributed by atoms with Crippen molar-refractivity contribution in [3.05, 3.63) is 54.0 Å². The molecule has 0 atom stereocenters. The molecular weight excluding hydrogens is 223 g/mol. The maximum Gasteiger partial charge on any atom is 0.141 e. The molecule has 78 valence electrons. The molecule has 2 rings (SSSR count). The van der Waals surface area contributed by atoms with Crippen LogP contribution in [-0.4, -0.2) is 4.98 Å². The normalized spacial score (nSPS) is 9.75. The van der Waals surface area contributed by atoms with Crippen LogP contribution in [0.25, 0.3) is 0 Å². The Labute approximate surface area is 96.8 Å². The highest BCUT2D eigenvalue weighted by Gasteiger charge is 2.00. The molecule has 0 saturated heterocycles. The Morgan fingerprint density at radius 3 is 2.56 bits per heavy atom. The number of rotatable bonds is 2. The molecule has 0 amide bonds. The number of pyridine rings is 1. The second kappa shape index (κ2) is 4.77. The largest absolute Gasteiger partial charge is 0.230 e. The average Bonchev–Trinajstić information content (AvgIpc) is 2.32. The summed E-state index contributed by atoms with van der Waals surface area (Å²) >= 11 is 1.40. The Kier molecular flexibility index (Phi) is 3.18. The predicted molar refractivity (Wildman–Crippen MR) is 59.5 cm³/mol. The predicted octanol–water partition coefficient (Wildman–Crippen LogP) is 3.24. The van der Waals surface area contributed by atoms with Crippen molar-refractivity contribution in [3.63, 3.8) is 0 Å². The maximum atomic E-state index is 12.7. The Bertz CT molecular complexity index is 531. The lowest BCUT2D eigenvalue weighted by Crippen LogP contribution is -1.84. The topological polar surface area (TPSA) is 36.7 Å². The van der Waals surface area contributed by atoms with E-state index < -0.39 is 0 Å². The number of halogens is 1. The number of nitriles is 1. The second-order valence-corrected chi connectivity index (χ2v) is 4.12. The molecule has 1 aromatic heterocycles. The van der Waals surface area contributed by atoms with E-state index in [0.29, 0.717) is 5.69 Å². The fourth-order valence-corrected chi connectivity index (χ4v) is 1.96. The van der Waals surface area contributed by atoms with E-state index in [-0.39, 0.29) is 5.82 Å². The highest BCUT2D eigenvalue weighted by atomic mass is 32.2. The van der Waals surface area contributed by atoms with Gasteiger partial charge < -0.3 is 0 Å². The monoisotopic (exact) mass is 230 g/mol. The molecule has 0 spiro atoms. The summed E-state index contributed by atoms with van der Waals surface area (Å²) in [6.45, 7) is 0. The van der Waals surface area contributed by atoms with Crippen molar-refractivity contribution >= 4 is 11.8 Å². The van der Waals surface area contributed by atoms with Crippen LogP contribution in [0.5, 0.6) is 0 Å². The van der Waals surface area contributed by atoms with Crippen molar-refractivity contribution in [1.29, 1.82) is 5.26 Å². The number of nitrogens with zero attached hydrogens (tertiary/aromatic N) is 2. The summed E-state index contributed by atoms with van der Waals surface area (Å²) in [5, 5.41) is 9.42. The van der Waals surface area contributed by atoms with Gasteiger partial charge in [-0.15, -0.1) is 0 Å². The lowest BCUT2D eigenvalue weighted by atomic mass is 10.3. The van der Waals surface area contributed by atoms with Gasteiger partial charge in [-0.05, 0) is 36.4 Å². The van der Waals surface area contributed by atoms with Crippen molar-refractivity contribution < 1.29 is 4.39 Å². The lowest BCUT2D eigenvalue weighted by molar-refractivity contribution is 0.626. The number of aromatic nitrogens is 1. The fourth-order valence-electron chi connectivity index (χ4n) is 1.16. The van der Waals surface area contributed by atoms with E-state index in [4.69, 9.17) is 5.26 Å². The van der Waals surface area contributed by atoms with E-state index in [1.54, 1.807) is 24.3 Å². The fraction of sp³-hybridized carbons (Fsp3) is 0. The molecule has 2 nitrogen and oxygen atoms in total. The standard InChI is InChI=1S/C12H7FN2S/c13-9-4-6-11(7-5-9)16-12-3-1-2-10(8-14)15-12/h1-7H. The van der Waals surface area contributed by atoms with Crippen LogP contribution in [0.4, 0.5) is 4.39 Å². The first kappa shape index (κ1) is 10.7. The first-order valence-corrected chi connectivity index (χ1v) is 5.40. The first-order chi connectivity index (χ1) is 7.78. The Morgan fingerprint density at radius 1 is 1.12 bits per heavy atom. The quantitative estimate of drug-likeness (QED) is 0.794. The summed E-state index contributed by atoms with van der Waals surface area (Å²) in [6.07, 6.45) is 0. The van der Waals surface area contributed by atoms with Crippen molar-refractivity contribution in [2.24, 2.45) is 0 Å². The maximum absolute atomic E-state index is 12.7. The third-order valence-electron chi connectivity index (χ3n) is 1.87. The summed E-state index contributed by atoms with van der Waals surface area (Å²) in [7, 11) is 0. The van der Waals surface area contributed by atoms with Gasteiger partial charge in [-0.2, -0.15) is 5.26 Å². The number of benzene rings is 1. The molecule has 1 aromatic carbocycles. The highest BCUT2D eigenvalue weighted by Crippen LogP contribution is 2.25. The minimum absolute atomic E-state index is 0.261. The van der Waals surface area contributed by atoms with Gasteiger partial charge in [0.05, 0.1) is 0 Å². The van der Waals surface area contributed by atoms with Crippen molar-refractivity contribution in [3.8, 4) is 6.07 Å². The van der Waals surface area contributed by atoms with Crippen LogP contribution >= 0.6 is 11.8 Å². The van der Waals surface area contributed by atoms with Gasteiger partial charge in [0.2, 0.25) is 0 Å². The van der Waals surface area contributed by atoms with Crippen LogP contribution in [0.1, 0.15) is 5.69 Å². The van der Waals surface area contributed by atoms with Crippen LogP contribution in [0.2, 0.25) is 0 Å². The van der Waals surface area contributed by atoms with Gasteiger partial charge in [0.25, 0.3) is 0 Å². The van der Waals surface area contributed by atoms with Gasteiger partial charge in [0.15, 0.2) is 0 Å². The Morgan fingerprint density at radius 2 is 1.88 bits per heavy atom. The van der Waals surface area contributed by atoms with Crippen molar-refractivity contribution in [1.82, 2.24) is 4.98 Å². The van der Waals surface area contributed by atoms with E-state index >= 15 is 0 Å². The van der Waals surface area contributed by atoms with Gasteiger partial charge >= 0.3 is 0 Å². The minimum Gasteiger partial charge on any atom is -0.230 e. The summed E-state index contributed by atoms with van der Waals surface area (Å²) in [6, 6.07) is 13.4. The van der Waals surface area contributed by atoms with E-state index in [1.165, 1.54) is 23.9 Å². The molecule has 1 heterocycles. The zero-order chi connectivity index (χ0) is 11.4. The van der Waals surface area contributed by atoms with Crippen molar-refractivity contribution in [2.75, 3.05) is 0 Å². The molecule has 0 aliphatic carbocycles. The summed E-state index contributed by atoms with van der Waals surface area (Å²) in [4.78, 5) is 5.01. The molecule has 4 heteroatoms. The minimum atomic E-state index is -0.261. The molecule has 16 heavy (non-hydrogen) atoms. The van der Waals surface area contributed by atoms with E-state index in [1.807, 2.05) is 12.1 Å². The molecule has 2 aromatic rings. The zero-order valence-corrected chi connectivity index (χ0v) is 9.04. The lowest BCUT2D eigenvalue weighted by Gasteiger charge is -2.00. The van der Waals surface area contributed by atoms with Crippen LogP contribution < -0.4 is 0 Å². The summed E-state index contributed by atoms with van der Waals surface area (Å²) < 4.78 is 12.7. The van der Waals surface area contributed by atoms with Gasteiger partial charge in [0, 0.05) is 4.90 Å². The zero-order valence-electron chi connectivity index (χ0n) is 8.22.